The van der Waals surface area contributed by atoms with Gasteiger partial charge in [-0.3, -0.25) is 9.67 Å². The molecule has 2 rings (SSSR count). The zero-order valence-electron chi connectivity index (χ0n) is 15.4. The normalized spacial score (nSPS) is 12.8. The standard InChI is InChI=1S/C19H29N5O/c1-16-12-23-24(13-16)10-9-21-19(20-3)22-11-17(2)14-25-15-18-7-5-4-6-8-18/h4-8,12-13,17H,9-11,14-15H2,1-3H3,(H2,20,21,22). The predicted molar refractivity (Wildman–Crippen MR) is 102 cm³/mol. The minimum atomic E-state index is 0.399. The van der Waals surface area contributed by atoms with Crippen LogP contribution in [0.1, 0.15) is 18.1 Å². The van der Waals surface area contributed by atoms with Gasteiger partial charge in [0.05, 0.1) is 26.0 Å². The molecule has 0 spiro atoms. The smallest absolute Gasteiger partial charge is 0.191 e. The highest BCUT2D eigenvalue weighted by molar-refractivity contribution is 5.79. The Labute approximate surface area is 150 Å². The van der Waals surface area contributed by atoms with Gasteiger partial charge in [0.25, 0.3) is 0 Å². The summed E-state index contributed by atoms with van der Waals surface area (Å²) in [6, 6.07) is 10.2. The summed E-state index contributed by atoms with van der Waals surface area (Å²) in [6.07, 6.45) is 3.90. The monoisotopic (exact) mass is 343 g/mol. The molecule has 1 heterocycles. The molecule has 2 N–H and O–H groups in total. The number of aromatic nitrogens is 2. The number of guanidine groups is 1. The topological polar surface area (TPSA) is 63.5 Å². The van der Waals surface area contributed by atoms with Gasteiger partial charge in [-0.2, -0.15) is 5.10 Å². The molecular weight excluding hydrogens is 314 g/mol. The number of nitrogens with zero attached hydrogens (tertiary/aromatic N) is 3. The summed E-state index contributed by atoms with van der Waals surface area (Å²) in [7, 11) is 1.78. The van der Waals surface area contributed by atoms with Crippen LogP contribution in [-0.2, 0) is 17.9 Å². The van der Waals surface area contributed by atoms with E-state index >= 15 is 0 Å². The third-order valence-electron chi connectivity index (χ3n) is 3.75. The van der Waals surface area contributed by atoms with Crippen molar-refractivity contribution in [3.05, 3.63) is 53.9 Å². The zero-order chi connectivity index (χ0) is 17.9. The van der Waals surface area contributed by atoms with Gasteiger partial charge in [0.1, 0.15) is 0 Å². The van der Waals surface area contributed by atoms with Gasteiger partial charge in [-0.15, -0.1) is 0 Å². The minimum absolute atomic E-state index is 0.399. The van der Waals surface area contributed by atoms with Crippen LogP contribution in [0.5, 0.6) is 0 Å². The van der Waals surface area contributed by atoms with Crippen LogP contribution in [0.25, 0.3) is 0 Å². The van der Waals surface area contributed by atoms with E-state index in [1.807, 2.05) is 42.2 Å². The molecule has 0 aliphatic rings. The molecule has 1 aromatic carbocycles. The van der Waals surface area contributed by atoms with Crippen LogP contribution >= 0.6 is 0 Å². The van der Waals surface area contributed by atoms with Crippen LogP contribution in [0.3, 0.4) is 0 Å². The Kier molecular flexibility index (Phi) is 7.98. The average molecular weight is 343 g/mol. The molecule has 25 heavy (non-hydrogen) atoms. The summed E-state index contributed by atoms with van der Waals surface area (Å²) in [5, 5.41) is 10.9. The Hall–Kier alpha value is -2.34. The zero-order valence-corrected chi connectivity index (χ0v) is 15.4. The van der Waals surface area contributed by atoms with E-state index in [9.17, 15) is 0 Å². The largest absolute Gasteiger partial charge is 0.376 e. The summed E-state index contributed by atoms with van der Waals surface area (Å²) in [6.45, 7) is 7.97. The van der Waals surface area contributed by atoms with Crippen molar-refractivity contribution in [2.75, 3.05) is 26.7 Å². The summed E-state index contributed by atoms with van der Waals surface area (Å²) in [4.78, 5) is 4.25. The molecule has 1 unspecified atom stereocenters. The predicted octanol–water partition coefficient (Wildman–Crippen LogP) is 2.21. The highest BCUT2D eigenvalue weighted by atomic mass is 16.5. The summed E-state index contributed by atoms with van der Waals surface area (Å²) >= 11 is 0. The number of ether oxygens (including phenoxy) is 1. The lowest BCUT2D eigenvalue weighted by atomic mass is 10.2. The molecule has 6 heteroatoms. The third-order valence-corrected chi connectivity index (χ3v) is 3.75. The summed E-state index contributed by atoms with van der Waals surface area (Å²) in [5.74, 6) is 1.20. The second-order valence-corrected chi connectivity index (χ2v) is 6.27. The van der Waals surface area contributed by atoms with Crippen LogP contribution in [0, 0.1) is 12.8 Å². The Morgan fingerprint density at radius 1 is 1.28 bits per heavy atom. The van der Waals surface area contributed by atoms with Gasteiger partial charge in [0.2, 0.25) is 0 Å². The van der Waals surface area contributed by atoms with E-state index in [0.29, 0.717) is 19.1 Å². The van der Waals surface area contributed by atoms with E-state index in [2.05, 4.69) is 39.8 Å². The van der Waals surface area contributed by atoms with E-state index in [1.54, 1.807) is 7.05 Å². The molecule has 1 aromatic heterocycles. The first-order chi connectivity index (χ1) is 12.2. The number of aryl methyl sites for hydroxylation is 1. The number of aliphatic imine (C=N–C) groups is 1. The molecule has 0 aliphatic heterocycles. The lowest BCUT2D eigenvalue weighted by Gasteiger charge is -2.16. The molecule has 0 saturated heterocycles. The molecule has 0 saturated carbocycles. The van der Waals surface area contributed by atoms with E-state index < -0.39 is 0 Å². The van der Waals surface area contributed by atoms with Crippen molar-refractivity contribution in [3.63, 3.8) is 0 Å². The van der Waals surface area contributed by atoms with Crippen molar-refractivity contribution < 1.29 is 4.74 Å². The second kappa shape index (κ2) is 10.5. The maximum absolute atomic E-state index is 5.78. The van der Waals surface area contributed by atoms with Crippen LogP contribution in [0.4, 0.5) is 0 Å². The van der Waals surface area contributed by atoms with Gasteiger partial charge >= 0.3 is 0 Å². The van der Waals surface area contributed by atoms with Crippen LogP contribution in [0.15, 0.2) is 47.7 Å². The van der Waals surface area contributed by atoms with Crippen molar-refractivity contribution in [1.29, 1.82) is 0 Å². The summed E-state index contributed by atoms with van der Waals surface area (Å²) in [5.41, 5.74) is 2.38. The average Bonchev–Trinajstić information content (AvgIpc) is 3.04. The molecule has 1 atom stereocenters. The lowest BCUT2D eigenvalue weighted by Crippen LogP contribution is -2.41. The highest BCUT2D eigenvalue weighted by Gasteiger charge is 2.05. The van der Waals surface area contributed by atoms with E-state index in [0.717, 1.165) is 25.6 Å². The van der Waals surface area contributed by atoms with Crippen molar-refractivity contribution in [1.82, 2.24) is 20.4 Å². The van der Waals surface area contributed by atoms with Gasteiger partial charge in [-0.1, -0.05) is 37.3 Å². The fourth-order valence-electron chi connectivity index (χ4n) is 2.38. The summed E-state index contributed by atoms with van der Waals surface area (Å²) < 4.78 is 7.70. The van der Waals surface area contributed by atoms with Gasteiger partial charge in [0, 0.05) is 26.3 Å². The third kappa shape index (κ3) is 7.39. The maximum atomic E-state index is 5.78. The Morgan fingerprint density at radius 2 is 2.08 bits per heavy atom. The molecule has 0 amide bonds. The Bertz CT molecular complexity index is 638. The van der Waals surface area contributed by atoms with Gasteiger partial charge in [-0.05, 0) is 24.0 Å². The van der Waals surface area contributed by atoms with E-state index in [1.165, 1.54) is 11.1 Å². The number of rotatable bonds is 9. The van der Waals surface area contributed by atoms with Crippen molar-refractivity contribution >= 4 is 5.96 Å². The maximum Gasteiger partial charge on any atom is 0.191 e. The SMILES string of the molecule is CN=C(NCCn1cc(C)cn1)NCC(C)COCc1ccccc1. The first kappa shape index (κ1) is 19.0. The highest BCUT2D eigenvalue weighted by Crippen LogP contribution is 2.02. The lowest BCUT2D eigenvalue weighted by molar-refractivity contribution is 0.0931. The first-order valence-corrected chi connectivity index (χ1v) is 8.72. The van der Waals surface area contributed by atoms with Crippen LogP contribution in [-0.4, -0.2) is 42.5 Å². The number of hydrogen-bond donors (Lipinski definition) is 2. The van der Waals surface area contributed by atoms with Crippen LogP contribution < -0.4 is 10.6 Å². The van der Waals surface area contributed by atoms with Crippen LogP contribution in [0.2, 0.25) is 0 Å². The van der Waals surface area contributed by atoms with Crippen molar-refractivity contribution in [3.8, 4) is 0 Å². The molecule has 0 aliphatic carbocycles. The molecule has 0 radical (unpaired) electrons. The molecular formula is C19H29N5O. The van der Waals surface area contributed by atoms with Gasteiger partial charge < -0.3 is 15.4 Å². The first-order valence-electron chi connectivity index (χ1n) is 8.72. The molecule has 6 nitrogen and oxygen atoms in total. The molecule has 2 aromatic rings. The fraction of sp³-hybridized carbons (Fsp3) is 0.474. The molecule has 0 fully saturated rings. The number of hydrogen-bond acceptors (Lipinski definition) is 3. The van der Waals surface area contributed by atoms with Gasteiger partial charge in [0.15, 0.2) is 5.96 Å². The van der Waals surface area contributed by atoms with Crippen molar-refractivity contribution in [2.24, 2.45) is 10.9 Å². The number of nitrogens with one attached hydrogen (secondary N) is 2. The Balaban J connectivity index is 1.59. The van der Waals surface area contributed by atoms with E-state index in [4.69, 9.17) is 4.74 Å². The van der Waals surface area contributed by atoms with Crippen molar-refractivity contribution in [2.45, 2.75) is 27.0 Å². The van der Waals surface area contributed by atoms with E-state index in [-0.39, 0.29) is 0 Å². The Morgan fingerprint density at radius 3 is 2.76 bits per heavy atom. The minimum Gasteiger partial charge on any atom is -0.376 e. The number of benzene rings is 1. The second-order valence-electron chi connectivity index (χ2n) is 6.27. The fourth-order valence-corrected chi connectivity index (χ4v) is 2.38. The molecule has 0 bridgehead atoms. The quantitative estimate of drug-likeness (QED) is 0.541. The van der Waals surface area contributed by atoms with Gasteiger partial charge in [-0.25, -0.2) is 0 Å². The molecule has 136 valence electrons.